The fraction of sp³-hybridized carbons (Fsp3) is 0.386. The number of ketones is 1. The molecule has 1 atom stereocenters. The Hall–Kier alpha value is -6.29. The normalized spacial score (nSPS) is 18.9. The molecule has 4 aliphatic rings. The van der Waals surface area contributed by atoms with Crippen LogP contribution < -0.4 is 20.9 Å². The molecule has 3 aliphatic heterocycles. The third kappa shape index (κ3) is 6.52. The number of carbonyl (C=O) groups excluding carboxylic acids is 6. The standard InChI is InChI=1S/C44H45N7O6/c1-5-24-21-29-30(44(2,3)40-38(39(29)54)27-13-12-26(45-4)22-32(27)48-40)23-34(24)50-19-16-25(17-20-50)47-35(52)11-6-7-18-46-31-10-8-9-28-37(31)43(57)51(42(28)56)33-14-15-36(53)49-41(33)55/h8-10,12-13,21-23,25,33,46,48H,5-7,11,14-20H2,1-3H3,(H,47,52)(H,49,53,55). The lowest BCUT2D eigenvalue weighted by Crippen LogP contribution is -2.54. The van der Waals surface area contributed by atoms with E-state index in [9.17, 15) is 28.8 Å². The van der Waals surface area contributed by atoms with E-state index >= 15 is 0 Å². The van der Waals surface area contributed by atoms with E-state index in [1.54, 1.807) is 24.3 Å². The predicted octanol–water partition coefficient (Wildman–Crippen LogP) is 5.92. The number of fused-ring (bicyclic) bond motifs is 5. The van der Waals surface area contributed by atoms with Crippen molar-refractivity contribution in [3.8, 4) is 0 Å². The average molecular weight is 768 g/mol. The SMILES string of the molecule is [C-]#[N+]c1ccc2c3c([nH]c2c1)C(C)(C)c1cc(N2CCC(NC(=O)CCCCNc4cccc5c4C(=O)N(C4CCC(=O)NC4=O)C5=O)CC2)c(CC)cc1C3=O. The number of benzene rings is 3. The number of rotatable bonds is 10. The lowest BCUT2D eigenvalue weighted by atomic mass is 9.70. The molecule has 2 fully saturated rings. The minimum absolute atomic E-state index is 0.00402. The lowest BCUT2D eigenvalue weighted by Gasteiger charge is -2.38. The summed E-state index contributed by atoms with van der Waals surface area (Å²) in [5, 5.41) is 9.52. The topological polar surface area (TPSA) is 165 Å². The monoisotopic (exact) mass is 767 g/mol. The fourth-order valence-electron chi connectivity index (χ4n) is 9.01. The Balaban J connectivity index is 0.844. The van der Waals surface area contributed by atoms with Gasteiger partial charge in [-0.15, -0.1) is 0 Å². The van der Waals surface area contributed by atoms with Crippen molar-refractivity contribution in [2.75, 3.05) is 29.9 Å². The van der Waals surface area contributed by atoms with Gasteiger partial charge in [-0.2, -0.15) is 0 Å². The van der Waals surface area contributed by atoms with Crippen molar-refractivity contribution in [3.05, 3.63) is 99.0 Å². The number of H-pyrrole nitrogens is 1. The summed E-state index contributed by atoms with van der Waals surface area (Å²) < 4.78 is 0. The fourth-order valence-corrected chi connectivity index (χ4v) is 9.01. The van der Waals surface area contributed by atoms with Crippen molar-refractivity contribution in [3.63, 3.8) is 0 Å². The van der Waals surface area contributed by atoms with Gasteiger partial charge >= 0.3 is 0 Å². The number of nitrogens with one attached hydrogen (secondary N) is 4. The second-order valence-electron chi connectivity index (χ2n) is 15.9. The molecule has 0 saturated carbocycles. The zero-order valence-corrected chi connectivity index (χ0v) is 32.3. The van der Waals surface area contributed by atoms with Crippen LogP contribution in [0.2, 0.25) is 0 Å². The number of unbranched alkanes of at least 4 members (excludes halogenated alkanes) is 1. The smallest absolute Gasteiger partial charge is 0.264 e. The number of aromatic amines is 1. The molecular formula is C44H45N7O6. The van der Waals surface area contributed by atoms with Crippen LogP contribution >= 0.6 is 0 Å². The van der Waals surface area contributed by atoms with Gasteiger partial charge in [0.15, 0.2) is 11.5 Å². The number of carbonyl (C=O) groups is 6. The van der Waals surface area contributed by atoms with Crippen molar-refractivity contribution in [2.24, 2.45) is 0 Å². The van der Waals surface area contributed by atoms with E-state index in [0.29, 0.717) is 42.7 Å². The van der Waals surface area contributed by atoms with Crippen LogP contribution in [-0.2, 0) is 26.2 Å². The van der Waals surface area contributed by atoms with Crippen LogP contribution in [0.1, 0.15) is 119 Å². The Bertz CT molecular complexity index is 2430. The minimum Gasteiger partial charge on any atom is -0.384 e. The van der Waals surface area contributed by atoms with E-state index in [1.807, 2.05) is 12.1 Å². The Labute approximate surface area is 330 Å². The Morgan fingerprint density at radius 1 is 0.947 bits per heavy atom. The molecule has 4 aromatic rings. The summed E-state index contributed by atoms with van der Waals surface area (Å²) in [6.07, 6.45) is 4.18. The van der Waals surface area contributed by atoms with Crippen molar-refractivity contribution in [1.82, 2.24) is 20.5 Å². The molecule has 57 heavy (non-hydrogen) atoms. The first-order valence-electron chi connectivity index (χ1n) is 19.8. The van der Waals surface area contributed by atoms with Gasteiger partial charge in [0.2, 0.25) is 17.7 Å². The maximum absolute atomic E-state index is 14.1. The largest absolute Gasteiger partial charge is 0.384 e. The molecular weight excluding hydrogens is 723 g/mol. The summed E-state index contributed by atoms with van der Waals surface area (Å²) >= 11 is 0. The van der Waals surface area contributed by atoms with Crippen LogP contribution in [0.3, 0.4) is 0 Å². The molecule has 5 amide bonds. The van der Waals surface area contributed by atoms with Crippen molar-refractivity contribution in [1.29, 1.82) is 0 Å². The van der Waals surface area contributed by atoms with Crippen LogP contribution in [0.25, 0.3) is 15.7 Å². The van der Waals surface area contributed by atoms with Gasteiger partial charge in [0, 0.05) is 77.5 Å². The summed E-state index contributed by atoms with van der Waals surface area (Å²) in [4.78, 5) is 88.0. The molecule has 1 aromatic heterocycles. The zero-order chi connectivity index (χ0) is 40.2. The first-order valence-corrected chi connectivity index (χ1v) is 19.8. The summed E-state index contributed by atoms with van der Waals surface area (Å²) in [6.45, 7) is 15.9. The predicted molar refractivity (Wildman–Crippen MR) is 215 cm³/mol. The highest BCUT2D eigenvalue weighted by molar-refractivity contribution is 6.25. The van der Waals surface area contributed by atoms with Crippen molar-refractivity contribution in [2.45, 2.75) is 89.6 Å². The number of amides is 5. The van der Waals surface area contributed by atoms with Gasteiger partial charge in [-0.05, 0) is 80.0 Å². The number of anilines is 2. The van der Waals surface area contributed by atoms with Crippen molar-refractivity contribution < 1.29 is 28.8 Å². The molecule has 13 heteroatoms. The van der Waals surface area contributed by atoms with Crippen LogP contribution in [0.5, 0.6) is 0 Å². The maximum atomic E-state index is 14.1. The van der Waals surface area contributed by atoms with E-state index in [1.165, 1.54) is 0 Å². The van der Waals surface area contributed by atoms with Crippen LogP contribution in [0.4, 0.5) is 17.1 Å². The van der Waals surface area contributed by atoms with Crippen LogP contribution in [-0.4, -0.2) is 76.9 Å². The van der Waals surface area contributed by atoms with Gasteiger partial charge in [0.25, 0.3) is 11.8 Å². The molecule has 0 spiro atoms. The molecule has 292 valence electrons. The minimum atomic E-state index is -1.02. The highest BCUT2D eigenvalue weighted by atomic mass is 16.2. The number of aryl methyl sites for hydroxylation is 1. The molecule has 0 bridgehead atoms. The molecule has 8 rings (SSSR count). The van der Waals surface area contributed by atoms with Gasteiger partial charge < -0.3 is 20.5 Å². The number of piperidine rings is 2. The highest BCUT2D eigenvalue weighted by Gasteiger charge is 2.46. The number of hydrogen-bond acceptors (Lipinski definition) is 8. The summed E-state index contributed by atoms with van der Waals surface area (Å²) in [5.41, 5.74) is 7.33. The Kier molecular flexibility index (Phi) is 9.67. The van der Waals surface area contributed by atoms with Crippen LogP contribution in [0, 0.1) is 6.57 Å². The van der Waals surface area contributed by atoms with Gasteiger partial charge in [-0.3, -0.25) is 39.0 Å². The third-order valence-electron chi connectivity index (χ3n) is 12.1. The number of hydrogen-bond donors (Lipinski definition) is 4. The molecule has 13 nitrogen and oxygen atoms in total. The molecule has 1 unspecified atom stereocenters. The zero-order valence-electron chi connectivity index (χ0n) is 32.3. The molecule has 1 aliphatic carbocycles. The molecule has 3 aromatic carbocycles. The average Bonchev–Trinajstić information content (AvgIpc) is 3.72. The van der Waals surface area contributed by atoms with E-state index in [4.69, 9.17) is 6.57 Å². The first kappa shape index (κ1) is 37.6. The number of imide groups is 2. The van der Waals surface area contributed by atoms with Crippen LogP contribution in [0.15, 0.2) is 48.5 Å². The molecule has 0 radical (unpaired) electrons. The number of aromatic nitrogens is 1. The number of nitrogens with zero attached hydrogens (tertiary/aromatic N) is 3. The van der Waals surface area contributed by atoms with Gasteiger partial charge in [-0.1, -0.05) is 39.0 Å². The second kappa shape index (κ2) is 14.7. The Morgan fingerprint density at radius 3 is 2.47 bits per heavy atom. The summed E-state index contributed by atoms with van der Waals surface area (Å²) in [5.74, 6) is -2.17. The van der Waals surface area contributed by atoms with E-state index in [0.717, 1.165) is 76.2 Å². The summed E-state index contributed by atoms with van der Waals surface area (Å²) in [7, 11) is 0. The summed E-state index contributed by atoms with van der Waals surface area (Å²) in [6, 6.07) is 13.7. The highest BCUT2D eigenvalue weighted by Crippen LogP contribution is 2.46. The third-order valence-corrected chi connectivity index (χ3v) is 12.1. The Morgan fingerprint density at radius 2 is 1.74 bits per heavy atom. The lowest BCUT2D eigenvalue weighted by molar-refractivity contribution is -0.136. The molecule has 4 N–H and O–H groups in total. The first-order chi connectivity index (χ1) is 27.4. The van der Waals surface area contributed by atoms with E-state index < -0.39 is 35.1 Å². The maximum Gasteiger partial charge on any atom is 0.264 e. The van der Waals surface area contributed by atoms with E-state index in [-0.39, 0.29) is 41.7 Å². The second-order valence-corrected chi connectivity index (χ2v) is 15.9. The quantitative estimate of drug-likeness (QED) is 0.0878. The van der Waals surface area contributed by atoms with Crippen molar-refractivity contribution >= 4 is 63.3 Å². The van der Waals surface area contributed by atoms with E-state index in [2.05, 4.69) is 63.6 Å². The molecule has 4 heterocycles. The van der Waals surface area contributed by atoms with Gasteiger partial charge in [-0.25, -0.2) is 4.85 Å². The van der Waals surface area contributed by atoms with Gasteiger partial charge in [0.1, 0.15) is 6.04 Å². The van der Waals surface area contributed by atoms with Gasteiger partial charge in [0.05, 0.1) is 23.3 Å². The molecule has 2 saturated heterocycles.